The van der Waals surface area contributed by atoms with Crippen LogP contribution in [0.4, 0.5) is 0 Å². The summed E-state index contributed by atoms with van der Waals surface area (Å²) in [4.78, 5) is 12.1. The van der Waals surface area contributed by atoms with E-state index >= 15 is 0 Å². The average molecular weight is 438 g/mol. The van der Waals surface area contributed by atoms with Crippen LogP contribution >= 0.6 is 0 Å². The van der Waals surface area contributed by atoms with Gasteiger partial charge >= 0.3 is 0 Å². The highest BCUT2D eigenvalue weighted by Gasteiger charge is 2.11. The largest absolute Gasteiger partial charge is 0.352 e. The standard InChI is InChI=1S/C24H27N3O3S/c1-18-9-10-21(15-19(18)2)24-22(11-12-23(28)25-13-14-31(3,29)30)17-27(26-24)16-20-7-5-4-6-8-20/h4-12,15,17H,13-14,16H2,1-3H3,(H,25,28). The third-order valence-electron chi connectivity index (χ3n) is 4.94. The Kier molecular flexibility index (Phi) is 7.07. The number of rotatable bonds is 8. The van der Waals surface area contributed by atoms with Gasteiger partial charge in [0.2, 0.25) is 5.91 Å². The second-order valence-electron chi connectivity index (χ2n) is 7.67. The second kappa shape index (κ2) is 9.75. The number of aryl methyl sites for hydroxylation is 2. The molecule has 0 radical (unpaired) electrons. The minimum atomic E-state index is -3.12. The van der Waals surface area contributed by atoms with Gasteiger partial charge in [-0.15, -0.1) is 0 Å². The lowest BCUT2D eigenvalue weighted by molar-refractivity contribution is -0.116. The lowest BCUT2D eigenvalue weighted by Gasteiger charge is -2.04. The van der Waals surface area contributed by atoms with E-state index in [2.05, 4.69) is 31.3 Å². The summed E-state index contributed by atoms with van der Waals surface area (Å²) >= 11 is 0. The van der Waals surface area contributed by atoms with Crippen LogP contribution in [0, 0.1) is 13.8 Å². The van der Waals surface area contributed by atoms with Crippen molar-refractivity contribution in [2.75, 3.05) is 18.6 Å². The topological polar surface area (TPSA) is 81.1 Å². The van der Waals surface area contributed by atoms with Crippen LogP contribution in [0.2, 0.25) is 0 Å². The quantitative estimate of drug-likeness (QED) is 0.548. The Balaban J connectivity index is 1.85. The number of hydrogen-bond donors (Lipinski definition) is 1. The highest BCUT2D eigenvalue weighted by molar-refractivity contribution is 7.90. The van der Waals surface area contributed by atoms with Crippen LogP contribution in [0.15, 0.2) is 60.8 Å². The second-order valence-corrected chi connectivity index (χ2v) is 9.93. The predicted octanol–water partition coefficient (Wildman–Crippen LogP) is 3.39. The summed E-state index contributed by atoms with van der Waals surface area (Å²) in [5.74, 6) is -0.430. The third kappa shape index (κ3) is 6.65. The first kappa shape index (κ1) is 22.5. The van der Waals surface area contributed by atoms with Crippen molar-refractivity contribution in [2.45, 2.75) is 20.4 Å². The van der Waals surface area contributed by atoms with E-state index in [-0.39, 0.29) is 18.2 Å². The summed E-state index contributed by atoms with van der Waals surface area (Å²) in [5.41, 5.74) is 6.09. The van der Waals surface area contributed by atoms with Crippen molar-refractivity contribution >= 4 is 21.8 Å². The number of hydrogen-bond acceptors (Lipinski definition) is 4. The number of nitrogens with zero attached hydrogens (tertiary/aromatic N) is 2. The molecule has 0 unspecified atom stereocenters. The van der Waals surface area contributed by atoms with Crippen molar-refractivity contribution in [1.82, 2.24) is 15.1 Å². The molecular formula is C24H27N3O3S. The van der Waals surface area contributed by atoms with Crippen LogP contribution in [-0.2, 0) is 21.2 Å². The van der Waals surface area contributed by atoms with Crippen LogP contribution in [0.1, 0.15) is 22.3 Å². The van der Waals surface area contributed by atoms with Crippen LogP contribution in [0.5, 0.6) is 0 Å². The summed E-state index contributed by atoms with van der Waals surface area (Å²) in [7, 11) is -3.12. The molecule has 1 aromatic heterocycles. The maximum atomic E-state index is 12.1. The molecule has 0 atom stereocenters. The third-order valence-corrected chi connectivity index (χ3v) is 5.89. The van der Waals surface area contributed by atoms with E-state index < -0.39 is 9.84 Å². The molecule has 31 heavy (non-hydrogen) atoms. The van der Waals surface area contributed by atoms with E-state index in [1.807, 2.05) is 47.3 Å². The number of amides is 1. The van der Waals surface area contributed by atoms with Crippen LogP contribution in [0.25, 0.3) is 17.3 Å². The molecule has 0 fully saturated rings. The smallest absolute Gasteiger partial charge is 0.244 e. The molecule has 0 aliphatic rings. The maximum absolute atomic E-state index is 12.1. The van der Waals surface area contributed by atoms with E-state index in [0.717, 1.165) is 28.6 Å². The van der Waals surface area contributed by atoms with Crippen LogP contribution in [-0.4, -0.2) is 42.7 Å². The van der Waals surface area contributed by atoms with Gasteiger partial charge in [0.1, 0.15) is 9.84 Å². The normalized spacial score (nSPS) is 11.7. The van der Waals surface area contributed by atoms with E-state index in [1.54, 1.807) is 6.08 Å². The molecule has 2 aromatic carbocycles. The fourth-order valence-electron chi connectivity index (χ4n) is 3.11. The zero-order valence-corrected chi connectivity index (χ0v) is 18.8. The van der Waals surface area contributed by atoms with Gasteiger partial charge in [-0.25, -0.2) is 8.42 Å². The van der Waals surface area contributed by atoms with Crippen molar-refractivity contribution < 1.29 is 13.2 Å². The SMILES string of the molecule is Cc1ccc(-c2nn(Cc3ccccc3)cc2C=CC(=O)NCCS(C)(=O)=O)cc1C. The molecule has 0 saturated carbocycles. The lowest BCUT2D eigenvalue weighted by Crippen LogP contribution is -2.27. The van der Waals surface area contributed by atoms with E-state index in [9.17, 15) is 13.2 Å². The molecule has 1 heterocycles. The molecule has 0 spiro atoms. The maximum Gasteiger partial charge on any atom is 0.244 e. The van der Waals surface area contributed by atoms with Crippen molar-refractivity contribution in [3.8, 4) is 11.3 Å². The number of nitrogens with one attached hydrogen (secondary N) is 1. The molecule has 6 nitrogen and oxygen atoms in total. The first-order valence-corrected chi connectivity index (χ1v) is 12.1. The Bertz CT molecular complexity index is 1200. The fourth-order valence-corrected chi connectivity index (χ4v) is 3.58. The summed E-state index contributed by atoms with van der Waals surface area (Å²) in [6.07, 6.45) is 6.19. The predicted molar refractivity (Wildman–Crippen MR) is 124 cm³/mol. The van der Waals surface area contributed by atoms with Gasteiger partial charge in [0.25, 0.3) is 0 Å². The van der Waals surface area contributed by atoms with E-state index in [1.165, 1.54) is 17.2 Å². The van der Waals surface area contributed by atoms with Crippen molar-refractivity contribution in [1.29, 1.82) is 0 Å². The minimum Gasteiger partial charge on any atom is -0.352 e. The lowest BCUT2D eigenvalue weighted by atomic mass is 10.0. The van der Waals surface area contributed by atoms with Crippen molar-refractivity contribution in [3.05, 3.63) is 83.1 Å². The molecule has 3 aromatic rings. The van der Waals surface area contributed by atoms with E-state index in [0.29, 0.717) is 6.54 Å². The monoisotopic (exact) mass is 437 g/mol. The van der Waals surface area contributed by atoms with Crippen LogP contribution in [0.3, 0.4) is 0 Å². The van der Waals surface area contributed by atoms with Gasteiger partial charge in [0, 0.05) is 36.2 Å². The summed E-state index contributed by atoms with van der Waals surface area (Å²) in [5, 5.41) is 7.37. The highest BCUT2D eigenvalue weighted by atomic mass is 32.2. The zero-order valence-electron chi connectivity index (χ0n) is 18.0. The number of benzene rings is 2. The summed E-state index contributed by atoms with van der Waals surface area (Å²) in [6, 6.07) is 16.2. The minimum absolute atomic E-state index is 0.0826. The molecule has 0 aliphatic carbocycles. The molecule has 162 valence electrons. The molecule has 0 aliphatic heterocycles. The molecule has 0 bridgehead atoms. The number of aromatic nitrogens is 2. The molecule has 0 saturated heterocycles. The van der Waals surface area contributed by atoms with Gasteiger partial charge in [-0.3, -0.25) is 9.48 Å². The molecule has 3 rings (SSSR count). The molecule has 1 N–H and O–H groups in total. The first-order chi connectivity index (χ1) is 14.7. The highest BCUT2D eigenvalue weighted by Crippen LogP contribution is 2.26. The summed E-state index contributed by atoms with van der Waals surface area (Å²) in [6.45, 7) is 4.83. The van der Waals surface area contributed by atoms with Gasteiger partial charge in [-0.2, -0.15) is 5.10 Å². The van der Waals surface area contributed by atoms with Gasteiger partial charge in [-0.1, -0.05) is 42.5 Å². The Morgan fingerprint density at radius 3 is 2.52 bits per heavy atom. The first-order valence-electron chi connectivity index (χ1n) is 10.0. The average Bonchev–Trinajstić information content (AvgIpc) is 3.11. The summed E-state index contributed by atoms with van der Waals surface area (Å²) < 4.78 is 24.3. The molecule has 7 heteroatoms. The number of sulfone groups is 1. The Labute approximate surface area is 183 Å². The molecule has 1 amide bonds. The number of carbonyl (C=O) groups is 1. The zero-order chi connectivity index (χ0) is 22.4. The van der Waals surface area contributed by atoms with Crippen molar-refractivity contribution in [2.24, 2.45) is 0 Å². The van der Waals surface area contributed by atoms with Gasteiger partial charge in [0.05, 0.1) is 18.0 Å². The number of carbonyl (C=O) groups excluding carboxylic acids is 1. The Hall–Kier alpha value is -3.19. The van der Waals surface area contributed by atoms with Gasteiger partial charge in [0.15, 0.2) is 0 Å². The van der Waals surface area contributed by atoms with Gasteiger partial charge in [-0.05, 0) is 42.7 Å². The van der Waals surface area contributed by atoms with Crippen LogP contribution < -0.4 is 5.32 Å². The Morgan fingerprint density at radius 1 is 1.10 bits per heavy atom. The van der Waals surface area contributed by atoms with E-state index in [4.69, 9.17) is 5.10 Å². The Morgan fingerprint density at radius 2 is 1.84 bits per heavy atom. The molecular weight excluding hydrogens is 410 g/mol. The van der Waals surface area contributed by atoms with Crippen molar-refractivity contribution in [3.63, 3.8) is 0 Å². The fraction of sp³-hybridized carbons (Fsp3) is 0.250. The van der Waals surface area contributed by atoms with Gasteiger partial charge < -0.3 is 5.32 Å².